The summed E-state index contributed by atoms with van der Waals surface area (Å²) in [5.41, 5.74) is 1.96. The van der Waals surface area contributed by atoms with Crippen molar-refractivity contribution in [2.75, 3.05) is 13.2 Å². The van der Waals surface area contributed by atoms with Gasteiger partial charge in [0.25, 0.3) is 0 Å². The molecule has 132 valence electrons. The average molecular weight is 342 g/mol. The van der Waals surface area contributed by atoms with Gasteiger partial charge in [-0.15, -0.1) is 0 Å². The van der Waals surface area contributed by atoms with Gasteiger partial charge in [0.15, 0.2) is 5.78 Å². The Kier molecular flexibility index (Phi) is 6.51. The van der Waals surface area contributed by atoms with Crippen LogP contribution < -0.4 is 4.74 Å². The minimum atomic E-state index is -0.543. The molecule has 0 unspecified atom stereocenters. The molecule has 0 bridgehead atoms. The molecule has 0 aliphatic rings. The number of esters is 1. The van der Waals surface area contributed by atoms with Gasteiger partial charge < -0.3 is 9.47 Å². The minimum Gasteiger partial charge on any atom is -0.489 e. The lowest BCUT2D eigenvalue weighted by Gasteiger charge is -2.10. The summed E-state index contributed by atoms with van der Waals surface area (Å²) in [4.78, 5) is 24.0. The fourth-order valence-corrected chi connectivity index (χ4v) is 2.47. The minimum absolute atomic E-state index is 0.245. The van der Waals surface area contributed by atoms with Gasteiger partial charge in [0.2, 0.25) is 0 Å². The van der Waals surface area contributed by atoms with Gasteiger partial charge in [0.05, 0.1) is 6.61 Å². The van der Waals surface area contributed by atoms with Crippen molar-refractivity contribution < 1.29 is 19.1 Å². The fourth-order valence-electron chi connectivity index (χ4n) is 2.47. The Morgan fingerprint density at radius 2 is 2.04 bits per heavy atom. The van der Waals surface area contributed by atoms with Crippen molar-refractivity contribution in [3.05, 3.63) is 59.9 Å². The molecule has 0 saturated heterocycles. The highest BCUT2D eigenvalue weighted by Gasteiger charge is 2.20. The molecule has 6 nitrogen and oxygen atoms in total. The smallest absolute Gasteiger partial charge is 0.313 e. The number of rotatable bonds is 9. The van der Waals surface area contributed by atoms with Gasteiger partial charge in [-0.2, -0.15) is 5.10 Å². The number of nitrogens with zero attached hydrogens (tertiary/aromatic N) is 2. The maximum atomic E-state index is 12.4. The van der Waals surface area contributed by atoms with Crippen molar-refractivity contribution >= 4 is 11.8 Å². The van der Waals surface area contributed by atoms with E-state index in [-0.39, 0.29) is 24.5 Å². The first-order chi connectivity index (χ1) is 12.0. The van der Waals surface area contributed by atoms with Crippen LogP contribution in [-0.2, 0) is 23.0 Å². The van der Waals surface area contributed by atoms with E-state index in [0.29, 0.717) is 13.0 Å². The molecule has 1 heterocycles. The summed E-state index contributed by atoms with van der Waals surface area (Å²) in [6.45, 7) is 6.00. The zero-order valence-electron chi connectivity index (χ0n) is 14.5. The van der Waals surface area contributed by atoms with E-state index in [4.69, 9.17) is 9.47 Å². The van der Waals surface area contributed by atoms with Crippen molar-refractivity contribution in [3.63, 3.8) is 0 Å². The molecule has 0 saturated carbocycles. The van der Waals surface area contributed by atoms with E-state index >= 15 is 0 Å². The molecular formula is C19H22N2O4. The van der Waals surface area contributed by atoms with Gasteiger partial charge in [-0.05, 0) is 18.6 Å². The summed E-state index contributed by atoms with van der Waals surface area (Å²) in [7, 11) is 1.74. The normalized spacial score (nSPS) is 10.3. The Labute approximate surface area is 147 Å². The third kappa shape index (κ3) is 5.04. The van der Waals surface area contributed by atoms with Gasteiger partial charge in [-0.25, -0.2) is 0 Å². The van der Waals surface area contributed by atoms with E-state index in [1.165, 1.54) is 0 Å². The van der Waals surface area contributed by atoms with Crippen LogP contribution in [0.3, 0.4) is 0 Å². The summed E-state index contributed by atoms with van der Waals surface area (Å²) in [6.07, 6.45) is 3.62. The van der Waals surface area contributed by atoms with E-state index in [9.17, 15) is 9.59 Å². The standard InChI is InChI=1S/C19H22N2O4/c1-4-10-25-17-9-7-6-8-14(17)11-15-13-21(3)20-19(15)16(22)12-18(23)24-5-2/h4,6-9,13H,1,5,10-12H2,2-3H3. The molecule has 0 spiro atoms. The first-order valence-corrected chi connectivity index (χ1v) is 8.08. The third-order valence-corrected chi connectivity index (χ3v) is 3.49. The summed E-state index contributed by atoms with van der Waals surface area (Å²) in [6, 6.07) is 7.60. The average Bonchev–Trinajstić information content (AvgIpc) is 2.95. The predicted molar refractivity (Wildman–Crippen MR) is 93.7 cm³/mol. The van der Waals surface area contributed by atoms with Crippen LogP contribution in [0.5, 0.6) is 5.75 Å². The first-order valence-electron chi connectivity index (χ1n) is 8.08. The zero-order valence-corrected chi connectivity index (χ0v) is 14.5. The van der Waals surface area contributed by atoms with Crippen LogP contribution in [0.25, 0.3) is 0 Å². The molecule has 0 fully saturated rings. The molecule has 0 amide bonds. The fraction of sp³-hybridized carbons (Fsp3) is 0.316. The van der Waals surface area contributed by atoms with Crippen molar-refractivity contribution in [1.82, 2.24) is 9.78 Å². The van der Waals surface area contributed by atoms with Crippen LogP contribution in [0.1, 0.15) is 35.0 Å². The van der Waals surface area contributed by atoms with E-state index in [0.717, 1.165) is 16.9 Å². The maximum Gasteiger partial charge on any atom is 0.313 e. The SMILES string of the molecule is C=CCOc1ccccc1Cc1cn(C)nc1C(=O)CC(=O)OCC. The molecule has 2 aromatic rings. The van der Waals surface area contributed by atoms with E-state index in [2.05, 4.69) is 11.7 Å². The number of ketones is 1. The maximum absolute atomic E-state index is 12.4. The molecule has 6 heteroatoms. The molecule has 0 aliphatic heterocycles. The molecule has 0 aliphatic carbocycles. The van der Waals surface area contributed by atoms with Crippen molar-refractivity contribution in [2.45, 2.75) is 19.8 Å². The number of Topliss-reactive ketones (excluding diaryl/α,β-unsaturated/α-hetero) is 1. The Bertz CT molecular complexity index is 765. The van der Waals surface area contributed by atoms with Crippen molar-refractivity contribution in [3.8, 4) is 5.75 Å². The van der Waals surface area contributed by atoms with Gasteiger partial charge in [-0.3, -0.25) is 14.3 Å². The largest absolute Gasteiger partial charge is 0.489 e. The van der Waals surface area contributed by atoms with Gasteiger partial charge in [-0.1, -0.05) is 30.9 Å². The highest BCUT2D eigenvalue weighted by atomic mass is 16.5. The zero-order chi connectivity index (χ0) is 18.2. The molecule has 1 aromatic heterocycles. The lowest BCUT2D eigenvalue weighted by molar-refractivity contribution is -0.141. The lowest BCUT2D eigenvalue weighted by atomic mass is 10.0. The molecule has 1 aromatic carbocycles. The lowest BCUT2D eigenvalue weighted by Crippen LogP contribution is -2.13. The molecule has 0 N–H and O–H groups in total. The Balaban J connectivity index is 2.22. The molecule has 0 radical (unpaired) electrons. The second-order valence-electron chi connectivity index (χ2n) is 5.47. The number of ether oxygens (including phenoxy) is 2. The summed E-state index contributed by atoms with van der Waals surface area (Å²) in [5, 5.41) is 4.21. The number of aryl methyl sites for hydroxylation is 1. The first kappa shape index (κ1) is 18.4. The number of hydrogen-bond donors (Lipinski definition) is 0. The third-order valence-electron chi connectivity index (χ3n) is 3.49. The number of carbonyl (C=O) groups excluding carboxylic acids is 2. The molecule has 2 rings (SSSR count). The number of para-hydroxylation sites is 1. The second-order valence-corrected chi connectivity index (χ2v) is 5.47. The van der Waals surface area contributed by atoms with E-state index in [1.54, 1.807) is 30.9 Å². The Hall–Kier alpha value is -2.89. The van der Waals surface area contributed by atoms with Crippen LogP contribution in [0.2, 0.25) is 0 Å². The predicted octanol–water partition coefficient (Wildman–Crippen LogP) is 2.71. The number of benzene rings is 1. The van der Waals surface area contributed by atoms with Crippen LogP contribution in [0, 0.1) is 0 Å². The molecule has 0 atom stereocenters. The quantitative estimate of drug-likeness (QED) is 0.303. The molecule has 25 heavy (non-hydrogen) atoms. The summed E-state index contributed by atoms with van der Waals surface area (Å²) >= 11 is 0. The van der Waals surface area contributed by atoms with Crippen molar-refractivity contribution in [1.29, 1.82) is 0 Å². The topological polar surface area (TPSA) is 70.4 Å². The number of carbonyl (C=O) groups is 2. The van der Waals surface area contributed by atoms with E-state index < -0.39 is 5.97 Å². The van der Waals surface area contributed by atoms with Crippen LogP contribution in [-0.4, -0.2) is 34.7 Å². The monoisotopic (exact) mass is 342 g/mol. The number of hydrogen-bond acceptors (Lipinski definition) is 5. The highest BCUT2D eigenvalue weighted by molar-refractivity contribution is 6.05. The summed E-state index contributed by atoms with van der Waals surface area (Å²) in [5.74, 6) is -0.160. The Morgan fingerprint density at radius 1 is 1.28 bits per heavy atom. The number of aromatic nitrogens is 2. The van der Waals surface area contributed by atoms with Crippen LogP contribution in [0.15, 0.2) is 43.1 Å². The second kappa shape index (κ2) is 8.82. The highest BCUT2D eigenvalue weighted by Crippen LogP contribution is 2.23. The summed E-state index contributed by atoms with van der Waals surface area (Å²) < 4.78 is 12.1. The van der Waals surface area contributed by atoms with Crippen molar-refractivity contribution in [2.24, 2.45) is 7.05 Å². The van der Waals surface area contributed by atoms with Gasteiger partial charge in [0.1, 0.15) is 24.5 Å². The van der Waals surface area contributed by atoms with E-state index in [1.807, 2.05) is 24.3 Å². The van der Waals surface area contributed by atoms with Gasteiger partial charge in [0, 0.05) is 25.2 Å². The van der Waals surface area contributed by atoms with Crippen LogP contribution >= 0.6 is 0 Å². The Morgan fingerprint density at radius 3 is 2.76 bits per heavy atom. The van der Waals surface area contributed by atoms with Crippen LogP contribution in [0.4, 0.5) is 0 Å². The molecular weight excluding hydrogens is 320 g/mol. The van der Waals surface area contributed by atoms with Gasteiger partial charge >= 0.3 is 5.97 Å².